The van der Waals surface area contributed by atoms with Gasteiger partial charge >= 0.3 is 0 Å². The Morgan fingerprint density at radius 1 is 1.32 bits per heavy atom. The van der Waals surface area contributed by atoms with Crippen molar-refractivity contribution in [1.82, 2.24) is 20.0 Å². The van der Waals surface area contributed by atoms with Crippen LogP contribution in [-0.4, -0.2) is 46.6 Å². The minimum Gasteiger partial charge on any atom is -0.363 e. The number of likely N-dealkylation sites (tertiary alicyclic amines) is 1. The van der Waals surface area contributed by atoms with Gasteiger partial charge in [-0.25, -0.2) is 4.98 Å². The molecular weight excluding hydrogens is 318 g/mol. The number of carbonyl (C=O) groups is 1. The third-order valence-electron chi connectivity index (χ3n) is 4.58. The summed E-state index contributed by atoms with van der Waals surface area (Å²) in [6.07, 6.45) is 3.08. The second-order valence-corrected chi connectivity index (χ2v) is 6.39. The van der Waals surface area contributed by atoms with Crippen LogP contribution in [0.2, 0.25) is 0 Å². The van der Waals surface area contributed by atoms with Crippen LogP contribution in [0.15, 0.2) is 41.2 Å². The molecule has 1 saturated heterocycles. The van der Waals surface area contributed by atoms with Crippen molar-refractivity contribution >= 4 is 22.6 Å². The standard InChI is InChI=1S/C18H19N5O2/c1-22(2)16-10-13(12-6-3-4-7-14(12)20-16)18(24)23-9-5-8-15(23)17-19-11-25-21-17/h3-4,6-7,10-11,15H,5,8-9H2,1-2H3. The van der Waals surface area contributed by atoms with Gasteiger partial charge in [-0.05, 0) is 25.0 Å². The van der Waals surface area contributed by atoms with Gasteiger partial charge in [0.05, 0.1) is 17.1 Å². The lowest BCUT2D eigenvalue weighted by Crippen LogP contribution is -2.31. The van der Waals surface area contributed by atoms with E-state index in [-0.39, 0.29) is 11.9 Å². The highest BCUT2D eigenvalue weighted by Crippen LogP contribution is 2.33. The van der Waals surface area contributed by atoms with Crippen molar-refractivity contribution in [2.75, 3.05) is 25.5 Å². The molecule has 4 rings (SSSR count). The van der Waals surface area contributed by atoms with E-state index in [0.29, 0.717) is 17.9 Å². The molecule has 7 heteroatoms. The van der Waals surface area contributed by atoms with Gasteiger partial charge in [0, 0.05) is 26.0 Å². The molecule has 0 saturated carbocycles. The van der Waals surface area contributed by atoms with Crippen LogP contribution in [0.4, 0.5) is 5.82 Å². The highest BCUT2D eigenvalue weighted by Gasteiger charge is 2.34. The average Bonchev–Trinajstić information content (AvgIpc) is 3.30. The summed E-state index contributed by atoms with van der Waals surface area (Å²) < 4.78 is 4.87. The van der Waals surface area contributed by atoms with Crippen LogP contribution in [0.3, 0.4) is 0 Å². The van der Waals surface area contributed by atoms with Gasteiger partial charge in [-0.3, -0.25) is 4.79 Å². The third-order valence-corrected chi connectivity index (χ3v) is 4.58. The molecule has 0 aliphatic carbocycles. The maximum Gasteiger partial charge on any atom is 0.255 e. The molecular formula is C18H19N5O2. The summed E-state index contributed by atoms with van der Waals surface area (Å²) in [5.74, 6) is 1.31. The van der Waals surface area contributed by atoms with Crippen molar-refractivity contribution in [3.05, 3.63) is 48.1 Å². The first-order chi connectivity index (χ1) is 12.1. The quantitative estimate of drug-likeness (QED) is 0.731. The molecule has 1 amide bonds. The van der Waals surface area contributed by atoms with Crippen molar-refractivity contribution in [3.8, 4) is 0 Å². The Balaban J connectivity index is 1.79. The number of benzene rings is 1. The molecule has 7 nitrogen and oxygen atoms in total. The summed E-state index contributed by atoms with van der Waals surface area (Å²) in [5.41, 5.74) is 1.47. The second-order valence-electron chi connectivity index (χ2n) is 6.39. The number of fused-ring (bicyclic) bond motifs is 1. The number of amides is 1. The van der Waals surface area contributed by atoms with Gasteiger partial charge in [-0.15, -0.1) is 0 Å². The molecule has 1 atom stereocenters. The average molecular weight is 337 g/mol. The Morgan fingerprint density at radius 2 is 2.16 bits per heavy atom. The number of hydrogen-bond donors (Lipinski definition) is 0. The second kappa shape index (κ2) is 6.16. The van der Waals surface area contributed by atoms with E-state index in [0.717, 1.165) is 29.6 Å². The van der Waals surface area contributed by atoms with E-state index in [1.165, 1.54) is 6.39 Å². The Kier molecular flexibility index (Phi) is 3.83. The van der Waals surface area contributed by atoms with Crippen LogP contribution in [0, 0.1) is 0 Å². The van der Waals surface area contributed by atoms with E-state index in [9.17, 15) is 4.79 Å². The first-order valence-electron chi connectivity index (χ1n) is 8.29. The Labute approximate surface area is 145 Å². The number of pyridine rings is 1. The van der Waals surface area contributed by atoms with E-state index in [4.69, 9.17) is 4.52 Å². The number of carbonyl (C=O) groups excluding carboxylic acids is 1. The molecule has 1 fully saturated rings. The zero-order chi connectivity index (χ0) is 17.4. The molecule has 3 heterocycles. The fraction of sp³-hybridized carbons (Fsp3) is 0.333. The van der Waals surface area contributed by atoms with Gasteiger partial charge in [0.2, 0.25) is 6.39 Å². The molecule has 0 N–H and O–H groups in total. The van der Waals surface area contributed by atoms with Crippen molar-refractivity contribution < 1.29 is 9.32 Å². The summed E-state index contributed by atoms with van der Waals surface area (Å²) in [6, 6.07) is 9.45. The number of hydrogen-bond acceptors (Lipinski definition) is 6. The van der Waals surface area contributed by atoms with E-state index in [1.54, 1.807) is 0 Å². The topological polar surface area (TPSA) is 75.4 Å². The summed E-state index contributed by atoms with van der Waals surface area (Å²) in [4.78, 5) is 25.9. The van der Waals surface area contributed by atoms with E-state index in [2.05, 4.69) is 15.1 Å². The smallest absolute Gasteiger partial charge is 0.255 e. The normalized spacial score (nSPS) is 17.2. The van der Waals surface area contributed by atoms with Crippen LogP contribution in [0.1, 0.15) is 35.1 Å². The maximum atomic E-state index is 13.3. The fourth-order valence-corrected chi connectivity index (χ4v) is 3.33. The summed E-state index contributed by atoms with van der Waals surface area (Å²) >= 11 is 0. The van der Waals surface area contributed by atoms with Crippen LogP contribution in [0.5, 0.6) is 0 Å². The van der Waals surface area contributed by atoms with E-state index < -0.39 is 0 Å². The minimum atomic E-state index is -0.138. The molecule has 1 aromatic carbocycles. The lowest BCUT2D eigenvalue weighted by Gasteiger charge is -2.24. The van der Waals surface area contributed by atoms with E-state index in [1.807, 2.05) is 54.2 Å². The molecule has 1 unspecified atom stereocenters. The summed E-state index contributed by atoms with van der Waals surface area (Å²) in [5, 5.41) is 4.79. The predicted molar refractivity (Wildman–Crippen MR) is 93.4 cm³/mol. The van der Waals surface area contributed by atoms with Gasteiger partial charge in [0.15, 0.2) is 5.82 Å². The highest BCUT2D eigenvalue weighted by atomic mass is 16.5. The largest absolute Gasteiger partial charge is 0.363 e. The lowest BCUT2D eigenvalue weighted by atomic mass is 10.1. The number of nitrogens with zero attached hydrogens (tertiary/aromatic N) is 5. The minimum absolute atomic E-state index is 0.0194. The van der Waals surface area contributed by atoms with Crippen molar-refractivity contribution in [3.63, 3.8) is 0 Å². The van der Waals surface area contributed by atoms with Gasteiger partial charge in [-0.1, -0.05) is 23.4 Å². The Morgan fingerprint density at radius 3 is 2.92 bits per heavy atom. The first-order valence-corrected chi connectivity index (χ1v) is 8.29. The molecule has 2 aromatic heterocycles. The zero-order valence-corrected chi connectivity index (χ0v) is 14.2. The van der Waals surface area contributed by atoms with Gasteiger partial charge in [0.1, 0.15) is 5.82 Å². The molecule has 0 bridgehead atoms. The Bertz CT molecular complexity index is 907. The summed E-state index contributed by atoms with van der Waals surface area (Å²) in [7, 11) is 3.84. The van der Waals surface area contributed by atoms with Gasteiger partial charge < -0.3 is 14.3 Å². The SMILES string of the molecule is CN(C)c1cc(C(=O)N2CCCC2c2ncon2)c2ccccc2n1. The maximum absolute atomic E-state index is 13.3. The molecule has 0 radical (unpaired) electrons. The number of rotatable bonds is 3. The summed E-state index contributed by atoms with van der Waals surface area (Å²) in [6.45, 7) is 0.686. The molecule has 0 spiro atoms. The molecule has 1 aliphatic rings. The lowest BCUT2D eigenvalue weighted by molar-refractivity contribution is 0.0730. The molecule has 3 aromatic rings. The van der Waals surface area contributed by atoms with E-state index >= 15 is 0 Å². The number of para-hydroxylation sites is 1. The van der Waals surface area contributed by atoms with Gasteiger partial charge in [-0.2, -0.15) is 4.98 Å². The van der Waals surface area contributed by atoms with Crippen LogP contribution in [-0.2, 0) is 0 Å². The number of aromatic nitrogens is 3. The molecule has 128 valence electrons. The van der Waals surface area contributed by atoms with Crippen molar-refractivity contribution in [2.24, 2.45) is 0 Å². The van der Waals surface area contributed by atoms with Crippen LogP contribution < -0.4 is 4.90 Å². The van der Waals surface area contributed by atoms with Crippen LogP contribution >= 0.6 is 0 Å². The van der Waals surface area contributed by atoms with Crippen LogP contribution in [0.25, 0.3) is 10.9 Å². The monoisotopic (exact) mass is 337 g/mol. The molecule has 1 aliphatic heterocycles. The van der Waals surface area contributed by atoms with Crippen molar-refractivity contribution in [1.29, 1.82) is 0 Å². The third kappa shape index (κ3) is 2.71. The Hall–Kier alpha value is -2.96. The number of anilines is 1. The molecule has 25 heavy (non-hydrogen) atoms. The van der Waals surface area contributed by atoms with Gasteiger partial charge in [0.25, 0.3) is 5.91 Å². The highest BCUT2D eigenvalue weighted by molar-refractivity contribution is 6.07. The fourth-order valence-electron chi connectivity index (χ4n) is 3.33. The predicted octanol–water partition coefficient (Wildman–Crippen LogP) is 2.66. The zero-order valence-electron chi connectivity index (χ0n) is 14.2. The first kappa shape index (κ1) is 15.6. The van der Waals surface area contributed by atoms with Crippen molar-refractivity contribution in [2.45, 2.75) is 18.9 Å².